The molecule has 2 rings (SSSR count). The maximum atomic E-state index is 12.6. The Bertz CT molecular complexity index is 691. The molecule has 0 saturated carbocycles. The normalized spacial score (nSPS) is 13.1. The zero-order chi connectivity index (χ0) is 18.9. The summed E-state index contributed by atoms with van der Waals surface area (Å²) in [7, 11) is 3.56. The van der Waals surface area contributed by atoms with Crippen LogP contribution in [0.4, 0.5) is 0 Å². The molecule has 0 radical (unpaired) electrons. The standard InChI is InChI=1S/C21H28N2O3/c1-16(19-12-8-9-13-20(19)25-4)22-21(24)17(2)23(3)14-15-26-18-10-6-5-7-11-18/h5-13,16-17H,14-15H2,1-4H3,(H,22,24). The first-order valence-electron chi connectivity index (χ1n) is 8.84. The maximum absolute atomic E-state index is 12.6. The number of nitrogens with one attached hydrogen (secondary N) is 1. The van der Waals surface area contributed by atoms with E-state index < -0.39 is 0 Å². The van der Waals surface area contributed by atoms with Crippen molar-refractivity contribution in [2.24, 2.45) is 0 Å². The molecule has 5 heteroatoms. The Labute approximate surface area is 155 Å². The van der Waals surface area contributed by atoms with Crippen molar-refractivity contribution in [3.05, 3.63) is 60.2 Å². The van der Waals surface area contributed by atoms with Crippen LogP contribution in [0.1, 0.15) is 25.5 Å². The van der Waals surface area contributed by atoms with E-state index in [1.807, 2.05) is 80.4 Å². The van der Waals surface area contributed by atoms with Crippen molar-refractivity contribution in [1.29, 1.82) is 0 Å². The minimum atomic E-state index is -0.258. The first kappa shape index (κ1) is 19.8. The molecule has 140 valence electrons. The van der Waals surface area contributed by atoms with Crippen LogP contribution in [0.25, 0.3) is 0 Å². The average Bonchev–Trinajstić information content (AvgIpc) is 2.67. The Balaban J connectivity index is 1.83. The number of carbonyl (C=O) groups excluding carboxylic acids is 1. The first-order chi connectivity index (χ1) is 12.5. The van der Waals surface area contributed by atoms with Crippen molar-refractivity contribution in [3.63, 3.8) is 0 Å². The second kappa shape index (κ2) is 9.82. The third kappa shape index (κ3) is 5.49. The first-order valence-corrected chi connectivity index (χ1v) is 8.84. The van der Waals surface area contributed by atoms with Crippen molar-refractivity contribution in [3.8, 4) is 11.5 Å². The molecule has 1 amide bonds. The van der Waals surface area contributed by atoms with Crippen LogP contribution in [0.2, 0.25) is 0 Å². The van der Waals surface area contributed by atoms with Crippen LogP contribution in [-0.2, 0) is 4.79 Å². The van der Waals surface area contributed by atoms with Crippen LogP contribution in [-0.4, -0.2) is 44.2 Å². The lowest BCUT2D eigenvalue weighted by Crippen LogP contribution is -2.45. The van der Waals surface area contributed by atoms with Gasteiger partial charge in [-0.25, -0.2) is 0 Å². The topological polar surface area (TPSA) is 50.8 Å². The highest BCUT2D eigenvalue weighted by Gasteiger charge is 2.21. The van der Waals surface area contributed by atoms with Crippen molar-refractivity contribution in [2.75, 3.05) is 27.3 Å². The van der Waals surface area contributed by atoms with Gasteiger partial charge in [0.1, 0.15) is 18.1 Å². The van der Waals surface area contributed by atoms with E-state index in [1.165, 1.54) is 0 Å². The van der Waals surface area contributed by atoms with Gasteiger partial charge < -0.3 is 14.8 Å². The second-order valence-electron chi connectivity index (χ2n) is 6.29. The van der Waals surface area contributed by atoms with Crippen LogP contribution in [0.3, 0.4) is 0 Å². The lowest BCUT2D eigenvalue weighted by atomic mass is 10.1. The van der Waals surface area contributed by atoms with Gasteiger partial charge in [-0.1, -0.05) is 36.4 Å². The van der Waals surface area contributed by atoms with Crippen molar-refractivity contribution >= 4 is 5.91 Å². The lowest BCUT2D eigenvalue weighted by Gasteiger charge is -2.26. The van der Waals surface area contributed by atoms with E-state index in [4.69, 9.17) is 9.47 Å². The lowest BCUT2D eigenvalue weighted by molar-refractivity contribution is -0.126. The second-order valence-corrected chi connectivity index (χ2v) is 6.29. The van der Waals surface area contributed by atoms with Crippen LogP contribution in [0.15, 0.2) is 54.6 Å². The summed E-state index contributed by atoms with van der Waals surface area (Å²) < 4.78 is 11.1. The third-order valence-electron chi connectivity index (χ3n) is 4.46. The highest BCUT2D eigenvalue weighted by Crippen LogP contribution is 2.24. The molecule has 2 aromatic rings. The van der Waals surface area contributed by atoms with Gasteiger partial charge in [-0.2, -0.15) is 0 Å². The predicted molar refractivity (Wildman–Crippen MR) is 104 cm³/mol. The van der Waals surface area contributed by atoms with E-state index in [9.17, 15) is 4.79 Å². The van der Waals surface area contributed by atoms with Gasteiger partial charge in [0.2, 0.25) is 5.91 Å². The number of amides is 1. The smallest absolute Gasteiger partial charge is 0.237 e. The Hall–Kier alpha value is -2.53. The molecule has 2 atom stereocenters. The maximum Gasteiger partial charge on any atom is 0.237 e. The molecule has 0 fully saturated rings. The van der Waals surface area contributed by atoms with Gasteiger partial charge in [0.25, 0.3) is 0 Å². The number of likely N-dealkylation sites (N-methyl/N-ethyl adjacent to an activating group) is 1. The van der Waals surface area contributed by atoms with Gasteiger partial charge in [0, 0.05) is 12.1 Å². The van der Waals surface area contributed by atoms with Crippen molar-refractivity contribution in [1.82, 2.24) is 10.2 Å². The number of benzene rings is 2. The summed E-state index contributed by atoms with van der Waals surface area (Å²) in [6, 6.07) is 17.0. The predicted octanol–water partition coefficient (Wildman–Crippen LogP) is 3.27. The molecule has 2 unspecified atom stereocenters. The Morgan fingerprint density at radius 3 is 2.42 bits per heavy atom. The van der Waals surface area contributed by atoms with Crippen molar-refractivity contribution in [2.45, 2.75) is 25.9 Å². The zero-order valence-electron chi connectivity index (χ0n) is 15.9. The fourth-order valence-electron chi connectivity index (χ4n) is 2.65. The molecule has 0 aliphatic carbocycles. The molecule has 0 spiro atoms. The van der Waals surface area contributed by atoms with Crippen LogP contribution >= 0.6 is 0 Å². The summed E-state index contributed by atoms with van der Waals surface area (Å²) in [5, 5.41) is 3.06. The number of hydrogen-bond donors (Lipinski definition) is 1. The van der Waals surface area contributed by atoms with Gasteiger partial charge in [0.15, 0.2) is 0 Å². The number of rotatable bonds is 9. The van der Waals surface area contributed by atoms with Crippen LogP contribution < -0.4 is 14.8 Å². The molecular weight excluding hydrogens is 328 g/mol. The fraction of sp³-hybridized carbons (Fsp3) is 0.381. The average molecular weight is 356 g/mol. The summed E-state index contributed by atoms with van der Waals surface area (Å²) >= 11 is 0. The number of hydrogen-bond acceptors (Lipinski definition) is 4. The molecule has 0 aliphatic heterocycles. The Kier molecular flexibility index (Phi) is 7.48. The molecule has 0 bridgehead atoms. The molecule has 0 aromatic heterocycles. The minimum absolute atomic E-state index is 0.0226. The molecule has 0 saturated heterocycles. The van der Waals surface area contributed by atoms with Gasteiger partial charge in [-0.3, -0.25) is 9.69 Å². The van der Waals surface area contributed by atoms with Gasteiger partial charge in [0.05, 0.1) is 19.2 Å². The largest absolute Gasteiger partial charge is 0.496 e. The summed E-state index contributed by atoms with van der Waals surface area (Å²) in [6.45, 7) is 5.04. The van der Waals surface area contributed by atoms with E-state index in [0.717, 1.165) is 17.1 Å². The van der Waals surface area contributed by atoms with E-state index >= 15 is 0 Å². The molecule has 1 N–H and O–H groups in total. The Morgan fingerprint density at radius 1 is 1.08 bits per heavy atom. The minimum Gasteiger partial charge on any atom is -0.496 e. The molecule has 5 nitrogen and oxygen atoms in total. The van der Waals surface area contributed by atoms with Crippen molar-refractivity contribution < 1.29 is 14.3 Å². The van der Waals surface area contributed by atoms with Crippen LogP contribution in [0, 0.1) is 0 Å². The van der Waals surface area contributed by atoms with Gasteiger partial charge in [-0.05, 0) is 39.1 Å². The molecule has 26 heavy (non-hydrogen) atoms. The van der Waals surface area contributed by atoms with E-state index in [-0.39, 0.29) is 18.0 Å². The fourth-order valence-corrected chi connectivity index (χ4v) is 2.65. The number of para-hydroxylation sites is 2. The van der Waals surface area contributed by atoms with E-state index in [0.29, 0.717) is 13.2 Å². The third-order valence-corrected chi connectivity index (χ3v) is 4.46. The number of ether oxygens (including phenoxy) is 2. The van der Waals surface area contributed by atoms with Crippen LogP contribution in [0.5, 0.6) is 11.5 Å². The summed E-state index contributed by atoms with van der Waals surface area (Å²) in [4.78, 5) is 14.5. The molecule has 0 heterocycles. The highest BCUT2D eigenvalue weighted by atomic mass is 16.5. The SMILES string of the molecule is COc1ccccc1C(C)NC(=O)C(C)N(C)CCOc1ccccc1. The number of carbonyl (C=O) groups is 1. The number of methoxy groups -OCH3 is 1. The highest BCUT2D eigenvalue weighted by molar-refractivity contribution is 5.81. The molecular formula is C21H28N2O3. The number of nitrogens with zero attached hydrogens (tertiary/aromatic N) is 1. The quantitative estimate of drug-likeness (QED) is 0.749. The summed E-state index contributed by atoms with van der Waals surface area (Å²) in [5.74, 6) is 1.59. The van der Waals surface area contributed by atoms with Gasteiger partial charge >= 0.3 is 0 Å². The van der Waals surface area contributed by atoms with E-state index in [1.54, 1.807) is 7.11 Å². The van der Waals surface area contributed by atoms with Gasteiger partial charge in [-0.15, -0.1) is 0 Å². The molecule has 2 aromatic carbocycles. The monoisotopic (exact) mass is 356 g/mol. The summed E-state index contributed by atoms with van der Waals surface area (Å²) in [5.41, 5.74) is 0.964. The molecule has 0 aliphatic rings. The zero-order valence-corrected chi connectivity index (χ0v) is 15.9. The Morgan fingerprint density at radius 2 is 1.73 bits per heavy atom. The summed E-state index contributed by atoms with van der Waals surface area (Å²) in [6.07, 6.45) is 0. The van der Waals surface area contributed by atoms with E-state index in [2.05, 4.69) is 5.32 Å².